The van der Waals surface area contributed by atoms with E-state index in [0.717, 1.165) is 15.9 Å². The van der Waals surface area contributed by atoms with Gasteiger partial charge in [0.1, 0.15) is 0 Å². The Balaban J connectivity index is 2.58. The number of nitrogens with zero attached hydrogens (tertiary/aromatic N) is 1. The van der Waals surface area contributed by atoms with Crippen LogP contribution in [0.3, 0.4) is 0 Å². The minimum atomic E-state index is -0.0912. The van der Waals surface area contributed by atoms with Crippen LogP contribution in [0.25, 0.3) is 5.69 Å². The molecule has 0 amide bonds. The highest BCUT2D eigenvalue weighted by Crippen LogP contribution is 2.20. The molecule has 0 radical (unpaired) electrons. The Morgan fingerprint density at radius 3 is 2.63 bits per heavy atom. The molecule has 0 unspecified atom stereocenters. The highest BCUT2D eigenvalue weighted by Gasteiger charge is 2.13. The molecule has 1 heterocycles. The van der Waals surface area contributed by atoms with Crippen molar-refractivity contribution in [3.63, 3.8) is 0 Å². The van der Waals surface area contributed by atoms with Gasteiger partial charge in [-0.05, 0) is 39.9 Å². The van der Waals surface area contributed by atoms with E-state index in [1.54, 1.807) is 10.8 Å². The zero-order valence-corrected chi connectivity index (χ0v) is 13.5. The first-order valence-electron chi connectivity index (χ1n) is 5.79. The standard InChI is InChI=1S/C14H12BrNOS2/c1-2-19-14(18)12-11(15)8-9-16(13(12)17)10-6-4-3-5-7-10/h3-9H,2H2,1H3. The molecule has 1 aromatic carbocycles. The third-order valence-electron chi connectivity index (χ3n) is 2.56. The highest BCUT2D eigenvalue weighted by molar-refractivity contribution is 9.10. The molecule has 2 rings (SSSR count). The SMILES string of the molecule is CCSC(=S)c1c(Br)ccn(-c2ccccc2)c1=O. The molecule has 1 aromatic heterocycles. The van der Waals surface area contributed by atoms with Crippen LogP contribution in [0.15, 0.2) is 51.9 Å². The largest absolute Gasteiger partial charge is 0.284 e. The second kappa shape index (κ2) is 6.50. The normalized spacial score (nSPS) is 10.4. The second-order valence-electron chi connectivity index (χ2n) is 3.77. The molecular formula is C14H12BrNOS2. The zero-order chi connectivity index (χ0) is 13.8. The number of halogens is 1. The van der Waals surface area contributed by atoms with Crippen molar-refractivity contribution in [2.24, 2.45) is 0 Å². The summed E-state index contributed by atoms with van der Waals surface area (Å²) in [4.78, 5) is 12.5. The van der Waals surface area contributed by atoms with Crippen molar-refractivity contribution in [2.75, 3.05) is 5.75 Å². The minimum absolute atomic E-state index is 0.0912. The van der Waals surface area contributed by atoms with Gasteiger partial charge in [-0.15, -0.1) is 11.8 Å². The predicted molar refractivity (Wildman–Crippen MR) is 89.6 cm³/mol. The fourth-order valence-corrected chi connectivity index (χ4v) is 3.60. The van der Waals surface area contributed by atoms with Gasteiger partial charge in [0.25, 0.3) is 5.56 Å². The van der Waals surface area contributed by atoms with Crippen molar-refractivity contribution in [3.8, 4) is 5.69 Å². The van der Waals surface area contributed by atoms with E-state index in [-0.39, 0.29) is 5.56 Å². The molecule has 0 aliphatic rings. The topological polar surface area (TPSA) is 22.0 Å². The molecule has 0 atom stereocenters. The zero-order valence-electron chi connectivity index (χ0n) is 10.3. The van der Waals surface area contributed by atoms with E-state index in [0.29, 0.717) is 9.76 Å². The molecule has 2 nitrogen and oxygen atoms in total. The first kappa shape index (κ1) is 14.5. The average Bonchev–Trinajstić information content (AvgIpc) is 2.40. The van der Waals surface area contributed by atoms with Gasteiger partial charge in [0.05, 0.1) is 9.76 Å². The fraction of sp³-hybridized carbons (Fsp3) is 0.143. The molecule has 0 spiro atoms. The maximum atomic E-state index is 12.5. The number of thioether (sulfide) groups is 1. The van der Waals surface area contributed by atoms with E-state index in [2.05, 4.69) is 15.9 Å². The van der Waals surface area contributed by atoms with Crippen LogP contribution in [-0.2, 0) is 0 Å². The van der Waals surface area contributed by atoms with Crippen LogP contribution in [0.5, 0.6) is 0 Å². The van der Waals surface area contributed by atoms with Gasteiger partial charge in [0, 0.05) is 16.4 Å². The summed E-state index contributed by atoms with van der Waals surface area (Å²) in [7, 11) is 0. The van der Waals surface area contributed by atoms with Gasteiger partial charge in [0.15, 0.2) is 0 Å². The third kappa shape index (κ3) is 3.16. The van der Waals surface area contributed by atoms with E-state index in [9.17, 15) is 4.79 Å². The van der Waals surface area contributed by atoms with E-state index in [1.165, 1.54) is 11.8 Å². The maximum absolute atomic E-state index is 12.5. The van der Waals surface area contributed by atoms with Gasteiger partial charge < -0.3 is 0 Å². The fourth-order valence-electron chi connectivity index (χ4n) is 1.69. The minimum Gasteiger partial charge on any atom is -0.284 e. The molecule has 19 heavy (non-hydrogen) atoms. The van der Waals surface area contributed by atoms with Gasteiger partial charge in [-0.1, -0.05) is 37.3 Å². The van der Waals surface area contributed by atoms with Gasteiger partial charge in [-0.25, -0.2) is 0 Å². The molecule has 2 aromatic rings. The van der Waals surface area contributed by atoms with Crippen LogP contribution < -0.4 is 5.56 Å². The molecule has 0 aliphatic heterocycles. The smallest absolute Gasteiger partial charge is 0.265 e. The number of benzene rings is 1. The molecular weight excluding hydrogens is 342 g/mol. The summed E-state index contributed by atoms with van der Waals surface area (Å²) in [6.45, 7) is 2.02. The highest BCUT2D eigenvalue weighted by atomic mass is 79.9. The number of rotatable bonds is 3. The summed E-state index contributed by atoms with van der Waals surface area (Å²) in [5.41, 5.74) is 1.31. The summed E-state index contributed by atoms with van der Waals surface area (Å²) in [6.07, 6.45) is 1.75. The van der Waals surface area contributed by atoms with Crippen molar-refractivity contribution >= 4 is 44.1 Å². The quantitative estimate of drug-likeness (QED) is 0.777. The maximum Gasteiger partial charge on any atom is 0.265 e. The number of pyridine rings is 1. The number of para-hydroxylation sites is 1. The Bertz CT molecular complexity index is 652. The third-order valence-corrected chi connectivity index (χ3v) is 4.53. The van der Waals surface area contributed by atoms with Crippen molar-refractivity contribution in [1.29, 1.82) is 0 Å². The Kier molecular flexibility index (Phi) is 4.96. The molecule has 5 heteroatoms. The average molecular weight is 354 g/mol. The summed E-state index contributed by atoms with van der Waals surface area (Å²) < 4.78 is 2.99. The van der Waals surface area contributed by atoms with Gasteiger partial charge in [-0.2, -0.15) is 0 Å². The lowest BCUT2D eigenvalue weighted by Gasteiger charge is -2.10. The summed E-state index contributed by atoms with van der Waals surface area (Å²) in [6, 6.07) is 11.4. The van der Waals surface area contributed by atoms with Gasteiger partial charge >= 0.3 is 0 Å². The van der Waals surface area contributed by atoms with Crippen LogP contribution in [0.4, 0.5) is 0 Å². The van der Waals surface area contributed by atoms with E-state index in [1.807, 2.05) is 43.3 Å². The van der Waals surface area contributed by atoms with Crippen molar-refractivity contribution in [2.45, 2.75) is 6.92 Å². The predicted octanol–water partition coefficient (Wildman–Crippen LogP) is 4.03. The summed E-state index contributed by atoms with van der Waals surface area (Å²) in [5, 5.41) is 0. The van der Waals surface area contributed by atoms with Crippen LogP contribution in [0, 0.1) is 0 Å². The monoisotopic (exact) mass is 353 g/mol. The van der Waals surface area contributed by atoms with Gasteiger partial charge in [-0.3, -0.25) is 9.36 Å². The van der Waals surface area contributed by atoms with Crippen molar-refractivity contribution in [1.82, 2.24) is 4.57 Å². The first-order chi connectivity index (χ1) is 9.15. The Morgan fingerprint density at radius 1 is 1.32 bits per heavy atom. The lowest BCUT2D eigenvalue weighted by molar-refractivity contribution is 0.983. The van der Waals surface area contributed by atoms with Gasteiger partial charge in [0.2, 0.25) is 0 Å². The lowest BCUT2D eigenvalue weighted by atomic mass is 10.2. The van der Waals surface area contributed by atoms with E-state index >= 15 is 0 Å². The van der Waals surface area contributed by atoms with Crippen LogP contribution in [-0.4, -0.2) is 14.5 Å². The molecule has 0 fully saturated rings. The van der Waals surface area contributed by atoms with E-state index in [4.69, 9.17) is 12.2 Å². The molecule has 0 bridgehead atoms. The molecule has 0 saturated carbocycles. The molecule has 98 valence electrons. The summed E-state index contributed by atoms with van der Waals surface area (Å²) >= 11 is 10.2. The second-order valence-corrected chi connectivity index (χ2v) is 6.57. The number of thiocarbonyl (C=S) groups is 1. The number of aromatic nitrogens is 1. The summed E-state index contributed by atoms with van der Waals surface area (Å²) in [5.74, 6) is 0.852. The van der Waals surface area contributed by atoms with Crippen molar-refractivity contribution < 1.29 is 0 Å². The Labute approximate surface area is 130 Å². The first-order valence-corrected chi connectivity index (χ1v) is 7.97. The Hall–Kier alpha value is -0.910. The van der Waals surface area contributed by atoms with Crippen LogP contribution in [0.1, 0.15) is 12.5 Å². The molecule has 0 N–H and O–H groups in total. The van der Waals surface area contributed by atoms with Crippen LogP contribution >= 0.6 is 39.9 Å². The van der Waals surface area contributed by atoms with Crippen LogP contribution in [0.2, 0.25) is 0 Å². The number of hydrogen-bond donors (Lipinski definition) is 0. The van der Waals surface area contributed by atoms with Crippen molar-refractivity contribution in [3.05, 3.63) is 63.0 Å². The number of hydrogen-bond acceptors (Lipinski definition) is 3. The Morgan fingerprint density at radius 2 is 2.00 bits per heavy atom. The molecule has 0 saturated heterocycles. The lowest BCUT2D eigenvalue weighted by Crippen LogP contribution is -2.24. The van der Waals surface area contributed by atoms with E-state index < -0.39 is 0 Å². The molecule has 0 aliphatic carbocycles.